The maximum atomic E-state index is 4.59. The average Bonchev–Trinajstić information content (AvgIpc) is 2.57. The van der Waals surface area contributed by atoms with E-state index in [0.29, 0.717) is 0 Å². The van der Waals surface area contributed by atoms with Crippen LogP contribution in [-0.4, -0.2) is 17.4 Å². The molecule has 2 aromatic carbocycles. The molecule has 0 aliphatic heterocycles. The van der Waals surface area contributed by atoms with Crippen molar-refractivity contribution < 1.29 is 0 Å². The van der Waals surface area contributed by atoms with Crippen molar-refractivity contribution in [3.63, 3.8) is 0 Å². The number of pyridine rings is 1. The van der Waals surface area contributed by atoms with Crippen molar-refractivity contribution in [1.82, 2.24) is 4.98 Å². The molecule has 0 radical (unpaired) electrons. The van der Waals surface area contributed by atoms with Gasteiger partial charge in [-0.05, 0) is 86.3 Å². The molecule has 0 atom stereocenters. The van der Waals surface area contributed by atoms with Crippen molar-refractivity contribution >= 4 is 23.8 Å². The third-order valence-corrected chi connectivity index (χ3v) is 3.90. The van der Waals surface area contributed by atoms with E-state index in [1.54, 1.807) is 12.4 Å². The monoisotopic (exact) mass is 341 g/mol. The number of benzene rings is 2. The largest absolute Gasteiger partial charge is 0.255 e. The fraction of sp³-hybridized carbons (Fsp3) is 0.174. The lowest BCUT2D eigenvalue weighted by molar-refractivity contribution is 1.27. The van der Waals surface area contributed by atoms with Crippen molar-refractivity contribution in [1.29, 1.82) is 0 Å². The Bertz CT molecular complexity index is 867. The fourth-order valence-corrected chi connectivity index (χ4v) is 2.94. The smallest absolute Gasteiger partial charge is 0.0820 e. The van der Waals surface area contributed by atoms with E-state index in [0.717, 1.165) is 22.8 Å². The Morgan fingerprint density at radius 3 is 1.38 bits per heavy atom. The number of nitrogens with zero attached hydrogens (tertiary/aromatic N) is 3. The molecule has 0 amide bonds. The van der Waals surface area contributed by atoms with Gasteiger partial charge in [-0.2, -0.15) is 0 Å². The van der Waals surface area contributed by atoms with Crippen molar-refractivity contribution in [2.45, 2.75) is 27.7 Å². The Kier molecular flexibility index (Phi) is 5.37. The van der Waals surface area contributed by atoms with Crippen molar-refractivity contribution in [3.8, 4) is 0 Å². The first-order valence-electron chi connectivity index (χ1n) is 8.70. The number of aryl methyl sites for hydroxylation is 4. The van der Waals surface area contributed by atoms with Gasteiger partial charge in [0.2, 0.25) is 0 Å². The van der Waals surface area contributed by atoms with Crippen LogP contribution < -0.4 is 0 Å². The minimum absolute atomic E-state index is 0.813. The predicted octanol–water partition coefficient (Wildman–Crippen LogP) is 5.82. The summed E-state index contributed by atoms with van der Waals surface area (Å²) in [5.74, 6) is 0. The van der Waals surface area contributed by atoms with Crippen LogP contribution in [0.5, 0.6) is 0 Å². The molecule has 26 heavy (non-hydrogen) atoms. The predicted molar refractivity (Wildman–Crippen MR) is 111 cm³/mol. The first kappa shape index (κ1) is 17.7. The Hall–Kier alpha value is -3.07. The van der Waals surface area contributed by atoms with E-state index in [-0.39, 0.29) is 0 Å². The van der Waals surface area contributed by atoms with Gasteiger partial charge >= 0.3 is 0 Å². The van der Waals surface area contributed by atoms with Crippen LogP contribution >= 0.6 is 0 Å². The van der Waals surface area contributed by atoms with Gasteiger partial charge in [-0.3, -0.25) is 9.98 Å². The molecule has 3 aromatic rings. The van der Waals surface area contributed by atoms with Crippen molar-refractivity contribution in [3.05, 3.63) is 88.2 Å². The number of hydrogen-bond donors (Lipinski definition) is 0. The topological polar surface area (TPSA) is 37.6 Å². The maximum Gasteiger partial charge on any atom is 0.0820 e. The molecule has 3 rings (SSSR count). The first-order chi connectivity index (χ1) is 12.5. The van der Waals surface area contributed by atoms with Crippen molar-refractivity contribution in [2.24, 2.45) is 9.98 Å². The fourth-order valence-electron chi connectivity index (χ4n) is 2.94. The van der Waals surface area contributed by atoms with E-state index >= 15 is 0 Å². The Labute approximate surface area is 155 Å². The van der Waals surface area contributed by atoms with E-state index in [1.165, 1.54) is 22.3 Å². The average molecular weight is 341 g/mol. The first-order valence-corrected chi connectivity index (χ1v) is 8.70. The molecular weight excluding hydrogens is 318 g/mol. The highest BCUT2D eigenvalue weighted by atomic mass is 14.8. The summed E-state index contributed by atoms with van der Waals surface area (Å²) >= 11 is 0. The molecule has 0 spiro atoms. The number of aliphatic imine (C=N–C) groups is 2. The third kappa shape index (κ3) is 4.96. The minimum atomic E-state index is 0.813. The number of rotatable bonds is 4. The molecule has 0 fully saturated rings. The molecule has 0 N–H and O–H groups in total. The lowest BCUT2D eigenvalue weighted by atomic mass is 10.1. The van der Waals surface area contributed by atoms with Gasteiger partial charge in [0.1, 0.15) is 0 Å². The second-order valence-corrected chi connectivity index (χ2v) is 6.70. The highest BCUT2D eigenvalue weighted by Gasteiger charge is 1.97. The van der Waals surface area contributed by atoms with Crippen LogP contribution in [0.15, 0.2) is 64.6 Å². The van der Waals surface area contributed by atoms with Gasteiger partial charge in [0.15, 0.2) is 0 Å². The van der Waals surface area contributed by atoms with E-state index in [4.69, 9.17) is 0 Å². The van der Waals surface area contributed by atoms with Gasteiger partial charge in [-0.25, -0.2) is 4.98 Å². The van der Waals surface area contributed by atoms with Gasteiger partial charge < -0.3 is 0 Å². The molecular formula is C23H23N3. The second kappa shape index (κ2) is 7.87. The highest BCUT2D eigenvalue weighted by Crippen LogP contribution is 2.18. The summed E-state index contributed by atoms with van der Waals surface area (Å²) in [6.45, 7) is 8.31. The summed E-state index contributed by atoms with van der Waals surface area (Å²) in [5.41, 5.74) is 8.34. The molecule has 130 valence electrons. The normalized spacial score (nSPS) is 11.5. The summed E-state index contributed by atoms with van der Waals surface area (Å²) in [7, 11) is 0. The lowest BCUT2D eigenvalue weighted by Crippen LogP contribution is -1.93. The van der Waals surface area contributed by atoms with Gasteiger partial charge in [-0.15, -0.1) is 0 Å². The van der Waals surface area contributed by atoms with Gasteiger partial charge in [0.25, 0.3) is 0 Å². The van der Waals surface area contributed by atoms with Crippen LogP contribution in [0.2, 0.25) is 0 Å². The van der Waals surface area contributed by atoms with E-state index in [9.17, 15) is 0 Å². The van der Waals surface area contributed by atoms with Gasteiger partial charge in [-0.1, -0.05) is 18.2 Å². The molecule has 0 bridgehead atoms. The molecule has 0 saturated carbocycles. The summed E-state index contributed by atoms with van der Waals surface area (Å²) in [6, 6.07) is 18.4. The molecule has 3 nitrogen and oxygen atoms in total. The zero-order chi connectivity index (χ0) is 18.5. The zero-order valence-electron chi connectivity index (χ0n) is 15.7. The SMILES string of the molecule is Cc1cc(C)cc(N=Cc2cccc(C=Nc3cc(C)cc(C)c3)n2)c1. The van der Waals surface area contributed by atoms with Gasteiger partial charge in [0, 0.05) is 0 Å². The molecule has 1 heterocycles. The Morgan fingerprint density at radius 2 is 1.00 bits per heavy atom. The lowest BCUT2D eigenvalue weighted by Gasteiger charge is -2.01. The summed E-state index contributed by atoms with van der Waals surface area (Å²) in [6.07, 6.45) is 3.59. The van der Waals surface area contributed by atoms with E-state index in [2.05, 4.69) is 79.1 Å². The van der Waals surface area contributed by atoms with Crippen LogP contribution in [0.3, 0.4) is 0 Å². The molecule has 0 aliphatic carbocycles. The summed E-state index contributed by atoms with van der Waals surface area (Å²) < 4.78 is 0. The second-order valence-electron chi connectivity index (χ2n) is 6.70. The van der Waals surface area contributed by atoms with Crippen LogP contribution in [-0.2, 0) is 0 Å². The highest BCUT2D eigenvalue weighted by molar-refractivity contribution is 5.84. The third-order valence-electron chi connectivity index (χ3n) is 3.90. The molecule has 1 aromatic heterocycles. The van der Waals surface area contributed by atoms with Crippen LogP contribution in [0.25, 0.3) is 0 Å². The number of aromatic nitrogens is 1. The standard InChI is InChI=1S/C23H23N3/c1-16-8-17(2)11-22(10-16)24-14-20-6-5-7-21(26-20)15-25-23-12-18(3)9-19(4)13-23/h5-15H,1-4H3. The Balaban J connectivity index is 1.79. The molecule has 0 saturated heterocycles. The molecule has 0 aliphatic rings. The quantitative estimate of drug-likeness (QED) is 0.551. The van der Waals surface area contributed by atoms with Crippen LogP contribution in [0.4, 0.5) is 11.4 Å². The number of hydrogen-bond acceptors (Lipinski definition) is 3. The summed E-state index contributed by atoms with van der Waals surface area (Å²) in [4.78, 5) is 13.7. The maximum absolute atomic E-state index is 4.59. The minimum Gasteiger partial charge on any atom is -0.255 e. The van der Waals surface area contributed by atoms with Crippen molar-refractivity contribution in [2.75, 3.05) is 0 Å². The summed E-state index contributed by atoms with van der Waals surface area (Å²) in [5, 5.41) is 0. The zero-order valence-corrected chi connectivity index (χ0v) is 15.7. The molecule has 0 unspecified atom stereocenters. The van der Waals surface area contributed by atoms with Crippen LogP contribution in [0, 0.1) is 27.7 Å². The van der Waals surface area contributed by atoms with E-state index in [1.807, 2.05) is 18.2 Å². The Morgan fingerprint density at radius 1 is 0.615 bits per heavy atom. The van der Waals surface area contributed by atoms with Crippen LogP contribution in [0.1, 0.15) is 33.6 Å². The van der Waals surface area contributed by atoms with E-state index < -0.39 is 0 Å². The van der Waals surface area contributed by atoms with Gasteiger partial charge in [0.05, 0.1) is 35.2 Å². The molecule has 3 heteroatoms.